The first kappa shape index (κ1) is 11.4. The number of aromatic nitrogens is 4. The van der Waals surface area contributed by atoms with Crippen molar-refractivity contribution >= 4 is 11.2 Å². The smallest absolute Gasteiger partial charge is 0.166 e. The molecule has 92 valence electrons. The van der Waals surface area contributed by atoms with Gasteiger partial charge < -0.3 is 0 Å². The number of aryl methyl sites for hydroxylation is 2. The van der Waals surface area contributed by atoms with Gasteiger partial charge in [0, 0.05) is 11.9 Å². The molecular weight excluding hydrogens is 238 g/mol. The molecule has 0 saturated carbocycles. The zero-order valence-electron chi connectivity index (χ0n) is 10.6. The molecule has 0 atom stereocenters. The molecule has 0 unspecified atom stereocenters. The summed E-state index contributed by atoms with van der Waals surface area (Å²) in [6, 6.07) is 9.48. The molecule has 0 amide bonds. The molecule has 0 aromatic carbocycles. The average Bonchev–Trinajstić information content (AvgIpc) is 2.74. The van der Waals surface area contributed by atoms with Crippen molar-refractivity contribution in [3.63, 3.8) is 0 Å². The predicted molar refractivity (Wildman–Crippen MR) is 70.8 cm³/mol. The van der Waals surface area contributed by atoms with Gasteiger partial charge in [-0.3, -0.25) is 4.57 Å². The summed E-state index contributed by atoms with van der Waals surface area (Å²) in [5.74, 6) is 1.54. The normalized spacial score (nSPS) is 10.6. The summed E-state index contributed by atoms with van der Waals surface area (Å²) in [5, 5.41) is 8.80. The van der Waals surface area contributed by atoms with Gasteiger partial charge in [0.05, 0.1) is 5.56 Å². The van der Waals surface area contributed by atoms with Crippen LogP contribution in [-0.2, 0) is 0 Å². The van der Waals surface area contributed by atoms with Crippen LogP contribution in [0.1, 0.15) is 17.1 Å². The van der Waals surface area contributed by atoms with E-state index in [1.807, 2.05) is 30.5 Å². The van der Waals surface area contributed by atoms with E-state index in [1.54, 1.807) is 18.3 Å². The van der Waals surface area contributed by atoms with Gasteiger partial charge in [0.2, 0.25) is 0 Å². The maximum absolute atomic E-state index is 8.80. The van der Waals surface area contributed by atoms with E-state index in [4.69, 9.17) is 5.26 Å². The zero-order chi connectivity index (χ0) is 13.4. The van der Waals surface area contributed by atoms with Crippen LogP contribution in [0.15, 0.2) is 30.5 Å². The van der Waals surface area contributed by atoms with Crippen LogP contribution in [0.4, 0.5) is 0 Å². The Hall–Kier alpha value is -2.74. The van der Waals surface area contributed by atoms with Crippen molar-refractivity contribution in [3.05, 3.63) is 47.5 Å². The van der Waals surface area contributed by atoms with Gasteiger partial charge in [-0.15, -0.1) is 0 Å². The van der Waals surface area contributed by atoms with Gasteiger partial charge in [-0.2, -0.15) is 5.26 Å². The monoisotopic (exact) mass is 249 g/mol. The van der Waals surface area contributed by atoms with E-state index < -0.39 is 0 Å². The van der Waals surface area contributed by atoms with Crippen LogP contribution < -0.4 is 0 Å². The van der Waals surface area contributed by atoms with Crippen molar-refractivity contribution in [1.82, 2.24) is 19.5 Å². The van der Waals surface area contributed by atoms with Crippen molar-refractivity contribution in [2.75, 3.05) is 0 Å². The van der Waals surface area contributed by atoms with E-state index in [1.165, 1.54) is 0 Å². The third kappa shape index (κ3) is 1.83. The Morgan fingerprint density at radius 3 is 2.63 bits per heavy atom. The number of nitriles is 1. The van der Waals surface area contributed by atoms with E-state index >= 15 is 0 Å². The van der Waals surface area contributed by atoms with Crippen LogP contribution in [0.2, 0.25) is 0 Å². The lowest BCUT2D eigenvalue weighted by Crippen LogP contribution is -2.01. The number of nitrogens with zero attached hydrogens (tertiary/aromatic N) is 5. The molecule has 0 aliphatic rings. The van der Waals surface area contributed by atoms with E-state index in [9.17, 15) is 0 Å². The van der Waals surface area contributed by atoms with Crippen LogP contribution in [0, 0.1) is 25.2 Å². The van der Waals surface area contributed by atoms with Crippen molar-refractivity contribution in [2.24, 2.45) is 0 Å². The summed E-state index contributed by atoms with van der Waals surface area (Å²) >= 11 is 0. The number of hydrogen-bond acceptors (Lipinski definition) is 4. The molecule has 0 bridgehead atoms. The molecule has 0 saturated heterocycles. The largest absolute Gasteiger partial charge is 0.264 e. The molecule has 0 aliphatic carbocycles. The van der Waals surface area contributed by atoms with E-state index in [2.05, 4.69) is 21.0 Å². The molecule has 0 radical (unpaired) electrons. The first-order valence-corrected chi connectivity index (χ1v) is 5.88. The van der Waals surface area contributed by atoms with Crippen LogP contribution in [-0.4, -0.2) is 19.5 Å². The topological polar surface area (TPSA) is 67.4 Å². The fourth-order valence-electron chi connectivity index (χ4n) is 2.02. The number of rotatable bonds is 1. The quantitative estimate of drug-likeness (QED) is 0.663. The fourth-order valence-corrected chi connectivity index (χ4v) is 2.02. The Kier molecular flexibility index (Phi) is 2.50. The summed E-state index contributed by atoms with van der Waals surface area (Å²) in [6.07, 6.45) is 1.55. The van der Waals surface area contributed by atoms with Crippen molar-refractivity contribution in [1.29, 1.82) is 5.26 Å². The molecule has 0 N–H and O–H groups in total. The van der Waals surface area contributed by atoms with Gasteiger partial charge in [-0.25, -0.2) is 15.0 Å². The molecule has 0 aliphatic heterocycles. The number of imidazole rings is 1. The Balaban J connectivity index is 2.26. The summed E-state index contributed by atoms with van der Waals surface area (Å²) < 4.78 is 1.89. The first-order chi connectivity index (χ1) is 9.19. The predicted octanol–water partition coefficient (Wildman–Crippen LogP) is 2.30. The second-order valence-electron chi connectivity index (χ2n) is 4.31. The van der Waals surface area contributed by atoms with Gasteiger partial charge >= 0.3 is 0 Å². The van der Waals surface area contributed by atoms with Crippen molar-refractivity contribution < 1.29 is 0 Å². The lowest BCUT2D eigenvalue weighted by atomic mass is 10.3. The number of hydrogen-bond donors (Lipinski definition) is 0. The van der Waals surface area contributed by atoms with Gasteiger partial charge in [-0.05, 0) is 38.1 Å². The summed E-state index contributed by atoms with van der Waals surface area (Å²) in [4.78, 5) is 13.3. The van der Waals surface area contributed by atoms with Crippen LogP contribution in [0.5, 0.6) is 0 Å². The third-order valence-electron chi connectivity index (χ3n) is 2.92. The molecule has 3 rings (SSSR count). The molecule has 0 fully saturated rings. The van der Waals surface area contributed by atoms with Crippen LogP contribution in [0.3, 0.4) is 0 Å². The molecular formula is C14H11N5. The van der Waals surface area contributed by atoms with E-state index in [0.717, 1.165) is 28.5 Å². The highest BCUT2D eigenvalue weighted by atomic mass is 15.2. The molecule has 19 heavy (non-hydrogen) atoms. The highest BCUT2D eigenvalue weighted by Gasteiger charge is 2.11. The number of fused-ring (bicyclic) bond motifs is 1. The standard InChI is InChI=1S/C14H11N5/c1-9-3-5-12-14(17-9)19(10(2)18-12)13-6-4-11(7-15)8-16-13/h3-6,8H,1-2H3. The minimum atomic E-state index is 0.537. The molecule has 3 aromatic rings. The summed E-state index contributed by atoms with van der Waals surface area (Å²) in [6.45, 7) is 3.86. The fraction of sp³-hybridized carbons (Fsp3) is 0.143. The van der Waals surface area contributed by atoms with Gasteiger partial charge in [0.15, 0.2) is 5.65 Å². The van der Waals surface area contributed by atoms with Crippen LogP contribution in [0.25, 0.3) is 17.0 Å². The molecule has 3 heterocycles. The SMILES string of the molecule is Cc1ccc2nc(C)n(-c3ccc(C#N)cn3)c2n1. The maximum atomic E-state index is 8.80. The van der Waals surface area contributed by atoms with Gasteiger partial charge in [0.25, 0.3) is 0 Å². The second kappa shape index (κ2) is 4.18. The Labute approximate surface area is 110 Å². The van der Waals surface area contributed by atoms with E-state index in [0.29, 0.717) is 5.56 Å². The van der Waals surface area contributed by atoms with Gasteiger partial charge in [-0.1, -0.05) is 0 Å². The maximum Gasteiger partial charge on any atom is 0.166 e. The second-order valence-corrected chi connectivity index (χ2v) is 4.31. The Morgan fingerprint density at radius 1 is 1.11 bits per heavy atom. The highest BCUT2D eigenvalue weighted by molar-refractivity contribution is 5.73. The Bertz CT molecular complexity index is 793. The minimum Gasteiger partial charge on any atom is -0.264 e. The molecule has 3 aromatic heterocycles. The number of pyridine rings is 2. The minimum absolute atomic E-state index is 0.537. The van der Waals surface area contributed by atoms with Crippen molar-refractivity contribution in [3.8, 4) is 11.9 Å². The third-order valence-corrected chi connectivity index (χ3v) is 2.92. The lowest BCUT2D eigenvalue weighted by molar-refractivity contribution is 0.941. The molecule has 0 spiro atoms. The first-order valence-electron chi connectivity index (χ1n) is 5.88. The van der Waals surface area contributed by atoms with Gasteiger partial charge in [0.1, 0.15) is 23.2 Å². The molecule has 5 heteroatoms. The average molecular weight is 249 g/mol. The Morgan fingerprint density at radius 2 is 1.95 bits per heavy atom. The highest BCUT2D eigenvalue weighted by Crippen LogP contribution is 2.18. The summed E-state index contributed by atoms with van der Waals surface area (Å²) in [5.41, 5.74) is 3.10. The molecule has 5 nitrogen and oxygen atoms in total. The van der Waals surface area contributed by atoms with E-state index in [-0.39, 0.29) is 0 Å². The van der Waals surface area contributed by atoms with Crippen LogP contribution >= 0.6 is 0 Å². The summed E-state index contributed by atoms with van der Waals surface area (Å²) in [7, 11) is 0. The zero-order valence-corrected chi connectivity index (χ0v) is 10.6. The lowest BCUT2D eigenvalue weighted by Gasteiger charge is -2.05. The van der Waals surface area contributed by atoms with Crippen molar-refractivity contribution in [2.45, 2.75) is 13.8 Å².